The highest BCUT2D eigenvalue weighted by atomic mass is 16.4. The molecule has 5 rings (SSSR count). The molecule has 2 heterocycles. The average Bonchev–Trinajstić information content (AvgIpc) is 1.75. The molecule has 0 aliphatic rings. The van der Waals surface area contributed by atoms with Crippen molar-refractivity contribution in [3.05, 3.63) is 108 Å². The molecule has 2 aromatic heterocycles. The zero-order chi connectivity index (χ0) is 69.7. The van der Waals surface area contributed by atoms with Gasteiger partial charge in [-0.2, -0.15) is 0 Å². The highest BCUT2D eigenvalue weighted by molar-refractivity contribution is 5.99. The van der Waals surface area contributed by atoms with Crippen LogP contribution < -0.4 is 76.9 Å². The number of carbonyl (C=O) groups excluding carboxylic acids is 8. The molecule has 10 atom stereocenters. The van der Waals surface area contributed by atoms with E-state index in [1.165, 1.54) is 0 Å². The number of fused-ring (bicyclic) bond motifs is 2. The van der Waals surface area contributed by atoms with Crippen LogP contribution in [0.3, 0.4) is 0 Å². The summed E-state index contributed by atoms with van der Waals surface area (Å²) in [7, 11) is 0. The molecule has 0 aliphatic heterocycles. The molecule has 518 valence electrons. The van der Waals surface area contributed by atoms with Crippen molar-refractivity contribution in [3.63, 3.8) is 0 Å². The zero-order valence-corrected chi connectivity index (χ0v) is 55.4. The number of aromatic amines is 2. The van der Waals surface area contributed by atoms with E-state index in [9.17, 15) is 38.7 Å². The van der Waals surface area contributed by atoms with Gasteiger partial charge < -0.3 is 92.0 Å². The van der Waals surface area contributed by atoms with Crippen molar-refractivity contribution in [2.24, 2.45) is 62.1 Å². The standard InChI is InChI=1S/C67H100N18O10/c1-7-40(6)56(85-63(92)53(33-41-19-9-8-10-20-41)81-59(88)50(26-17-29-74-66(70)71)78-57(86)46(69)31-38(2)3)64(93)84-52(32-39(4)5)60(89)82-55(35-43-37-77-48-24-14-12-22-45(43)48)62(91)83-54(34-42-36-76-47-23-13-11-21-44(42)47)61(90)79-49(25-15-16-28-68)58(87)80-51(65(94)95)27-18-30-75-67(72)73/h8-14,19-24,36-40,46,49-56,76-77H,7,15-18,25-35,68-69H2,1-6H3,(H,78,86)(H,79,90)(H,80,87)(H,81,88)(H,82,89)(H,83,91)(H,84,93)(H,85,92)(H,94,95)(H4,70,71,74)(H4,72,73,75)/t40-,46-,49-,50-,51-,52-,53-,54-,55-,56-/m0/s1. The van der Waals surface area contributed by atoms with Crippen LogP contribution in [0.2, 0.25) is 0 Å². The van der Waals surface area contributed by atoms with Crippen molar-refractivity contribution in [1.82, 2.24) is 52.5 Å². The molecule has 0 spiro atoms. The Balaban J connectivity index is 1.48. The number of hydrogen-bond donors (Lipinski definition) is 17. The summed E-state index contributed by atoms with van der Waals surface area (Å²) >= 11 is 0. The van der Waals surface area contributed by atoms with E-state index in [2.05, 4.69) is 62.5 Å². The van der Waals surface area contributed by atoms with Crippen molar-refractivity contribution >= 4 is 87.0 Å². The molecule has 28 nitrogen and oxygen atoms in total. The molecule has 0 saturated carbocycles. The first-order valence-electron chi connectivity index (χ1n) is 32.6. The second kappa shape index (κ2) is 38.6. The van der Waals surface area contributed by atoms with E-state index in [1.807, 2.05) is 83.1 Å². The van der Waals surface area contributed by atoms with Gasteiger partial charge in [-0.15, -0.1) is 0 Å². The molecule has 23 N–H and O–H groups in total. The SMILES string of the molecule is CC[C@H](C)[C@H](NC(=O)[C@H](Cc1ccccc1)NC(=O)[C@H](CCCN=C(N)N)NC(=O)[C@@H](N)CC(C)C)C(=O)N[C@@H](CC(C)C)C(=O)N[C@@H](Cc1c[nH]c2ccccc12)C(=O)N[C@@H](Cc1c[nH]c2ccccc12)C(=O)N[C@@H](CCCCN)C(=O)N[C@@H](CCCN=C(N)N)C(=O)O. The average molecular weight is 1320 g/mol. The number of carboxylic acid groups (broad SMARTS) is 1. The van der Waals surface area contributed by atoms with Crippen molar-refractivity contribution in [2.75, 3.05) is 19.6 Å². The predicted molar refractivity (Wildman–Crippen MR) is 366 cm³/mol. The summed E-state index contributed by atoms with van der Waals surface area (Å²) in [6.45, 7) is 11.6. The lowest BCUT2D eigenvalue weighted by Gasteiger charge is -2.30. The van der Waals surface area contributed by atoms with Crippen molar-refractivity contribution < 1.29 is 48.3 Å². The number of guanidine groups is 2. The normalized spacial score (nSPS) is 14.5. The number of carboxylic acids is 1. The van der Waals surface area contributed by atoms with Crippen LogP contribution in [0.25, 0.3) is 21.8 Å². The summed E-state index contributed by atoms with van der Waals surface area (Å²) < 4.78 is 0. The molecule has 3 aromatic carbocycles. The Morgan fingerprint density at radius 1 is 0.463 bits per heavy atom. The quantitative estimate of drug-likeness (QED) is 0.0149. The second-order valence-corrected chi connectivity index (χ2v) is 25.0. The van der Waals surface area contributed by atoms with Gasteiger partial charge in [0.25, 0.3) is 0 Å². The van der Waals surface area contributed by atoms with Gasteiger partial charge in [-0.3, -0.25) is 48.3 Å². The number of nitrogens with two attached hydrogens (primary N) is 6. The molecule has 28 heteroatoms. The van der Waals surface area contributed by atoms with Gasteiger partial charge in [-0.1, -0.05) is 115 Å². The Bertz CT molecular complexity index is 3400. The first-order valence-corrected chi connectivity index (χ1v) is 32.6. The lowest BCUT2D eigenvalue weighted by Crippen LogP contribution is -2.62. The molecule has 0 saturated heterocycles. The third-order valence-electron chi connectivity index (χ3n) is 16.3. The molecular formula is C67H100N18O10. The van der Waals surface area contributed by atoms with Crippen LogP contribution in [0.5, 0.6) is 0 Å². The number of carbonyl (C=O) groups is 9. The van der Waals surface area contributed by atoms with Crippen LogP contribution in [-0.2, 0) is 62.4 Å². The summed E-state index contributed by atoms with van der Waals surface area (Å²) in [4.78, 5) is 144. The topological polar surface area (TPSA) is 483 Å². The van der Waals surface area contributed by atoms with E-state index in [0.29, 0.717) is 42.4 Å². The molecule has 0 unspecified atom stereocenters. The van der Waals surface area contributed by atoms with E-state index < -0.39 is 114 Å². The number of rotatable bonds is 41. The summed E-state index contributed by atoms with van der Waals surface area (Å²) in [6.07, 6.45) is 5.31. The lowest BCUT2D eigenvalue weighted by atomic mass is 9.95. The fourth-order valence-corrected chi connectivity index (χ4v) is 11.0. The molecule has 5 aromatic rings. The first kappa shape index (κ1) is 76.1. The lowest BCUT2D eigenvalue weighted by molar-refractivity contribution is -0.142. The van der Waals surface area contributed by atoms with E-state index in [0.717, 1.165) is 21.8 Å². The van der Waals surface area contributed by atoms with Crippen molar-refractivity contribution in [3.8, 4) is 0 Å². The summed E-state index contributed by atoms with van der Waals surface area (Å²) in [5.41, 5.74) is 37.5. The first-order chi connectivity index (χ1) is 45.3. The molecule has 0 aliphatic carbocycles. The fraction of sp³-hybridized carbons (Fsp3) is 0.507. The second-order valence-electron chi connectivity index (χ2n) is 25.0. The Morgan fingerprint density at radius 2 is 0.863 bits per heavy atom. The number of aliphatic imine (C=N–C) groups is 2. The molecule has 0 radical (unpaired) electrons. The van der Waals surface area contributed by atoms with E-state index >= 15 is 9.59 Å². The van der Waals surface area contributed by atoms with E-state index in [-0.39, 0.29) is 101 Å². The molecule has 0 bridgehead atoms. The van der Waals surface area contributed by atoms with Gasteiger partial charge in [-0.05, 0) is 111 Å². The van der Waals surface area contributed by atoms with Gasteiger partial charge in [0.15, 0.2) is 11.9 Å². The third-order valence-corrected chi connectivity index (χ3v) is 16.3. The highest BCUT2D eigenvalue weighted by Crippen LogP contribution is 2.23. The smallest absolute Gasteiger partial charge is 0.326 e. The Hall–Kier alpha value is -9.57. The van der Waals surface area contributed by atoms with Crippen molar-refractivity contribution in [2.45, 2.75) is 179 Å². The Kier molecular flexibility index (Phi) is 30.9. The minimum Gasteiger partial charge on any atom is -0.480 e. The van der Waals surface area contributed by atoms with Gasteiger partial charge >= 0.3 is 5.97 Å². The van der Waals surface area contributed by atoms with Gasteiger partial charge in [-0.25, -0.2) is 4.79 Å². The monoisotopic (exact) mass is 1320 g/mol. The summed E-state index contributed by atoms with van der Waals surface area (Å²) in [5, 5.41) is 34.1. The molecule has 0 fully saturated rings. The summed E-state index contributed by atoms with van der Waals surface area (Å²) in [6, 6.07) is 12.1. The maximum atomic E-state index is 15.3. The molecule has 95 heavy (non-hydrogen) atoms. The maximum absolute atomic E-state index is 15.3. The van der Waals surface area contributed by atoms with E-state index in [1.54, 1.807) is 49.6 Å². The van der Waals surface area contributed by atoms with E-state index in [4.69, 9.17) is 34.4 Å². The number of unbranched alkanes of at least 4 members (excludes halogenated alkanes) is 1. The van der Waals surface area contributed by atoms with Crippen LogP contribution in [0, 0.1) is 17.8 Å². The van der Waals surface area contributed by atoms with Gasteiger partial charge in [0.1, 0.15) is 48.3 Å². The summed E-state index contributed by atoms with van der Waals surface area (Å²) in [5.74, 6) is -8.25. The number of amides is 8. The van der Waals surface area contributed by atoms with Crippen LogP contribution >= 0.6 is 0 Å². The van der Waals surface area contributed by atoms with Crippen LogP contribution in [-0.4, -0.2) is 154 Å². The van der Waals surface area contributed by atoms with Crippen LogP contribution in [0.4, 0.5) is 0 Å². The number of aromatic nitrogens is 2. The molecule has 8 amide bonds. The predicted octanol–water partition coefficient (Wildman–Crippen LogP) is 1.34. The maximum Gasteiger partial charge on any atom is 0.326 e. The minimum absolute atomic E-state index is 0.0289. The fourth-order valence-electron chi connectivity index (χ4n) is 11.0. The van der Waals surface area contributed by atoms with Gasteiger partial charge in [0, 0.05) is 66.6 Å². The van der Waals surface area contributed by atoms with Gasteiger partial charge in [0.05, 0.1) is 6.04 Å². The Labute approximate surface area is 554 Å². The van der Waals surface area contributed by atoms with Crippen LogP contribution in [0.1, 0.15) is 122 Å². The van der Waals surface area contributed by atoms with Crippen molar-refractivity contribution in [1.29, 1.82) is 0 Å². The highest BCUT2D eigenvalue weighted by Gasteiger charge is 2.37. The molecular weight excluding hydrogens is 1220 g/mol. The number of hydrogen-bond acceptors (Lipinski definition) is 13. The van der Waals surface area contributed by atoms with Crippen LogP contribution in [0.15, 0.2) is 101 Å². The largest absolute Gasteiger partial charge is 0.480 e. The number of aliphatic carboxylic acids is 1. The third kappa shape index (κ3) is 25.0. The Morgan fingerprint density at radius 3 is 1.34 bits per heavy atom. The number of benzene rings is 3. The number of H-pyrrole nitrogens is 2. The zero-order valence-electron chi connectivity index (χ0n) is 55.4. The minimum atomic E-state index is -1.43. The number of para-hydroxylation sites is 2. The number of nitrogens with zero attached hydrogens (tertiary/aromatic N) is 2. The van der Waals surface area contributed by atoms with Gasteiger partial charge in [0.2, 0.25) is 47.3 Å². The number of nitrogens with one attached hydrogen (secondary N) is 10.